The number of halogens is 1. The first kappa shape index (κ1) is 12.9. The van der Waals surface area contributed by atoms with Crippen molar-refractivity contribution in [1.82, 2.24) is 0 Å². The summed E-state index contributed by atoms with van der Waals surface area (Å²) in [4.78, 5) is 12.1. The van der Waals surface area contributed by atoms with Crippen LogP contribution in [0, 0.1) is 12.7 Å². The van der Waals surface area contributed by atoms with Gasteiger partial charge in [-0.15, -0.1) is 0 Å². The molecule has 0 atom stereocenters. The zero-order valence-electron chi connectivity index (χ0n) is 11.4. The van der Waals surface area contributed by atoms with Crippen molar-refractivity contribution in [1.29, 1.82) is 0 Å². The van der Waals surface area contributed by atoms with Crippen LogP contribution in [0.3, 0.4) is 0 Å². The molecule has 1 amide bonds. The summed E-state index contributed by atoms with van der Waals surface area (Å²) in [7, 11) is 0. The summed E-state index contributed by atoms with van der Waals surface area (Å²) < 4.78 is 13.8. The summed E-state index contributed by atoms with van der Waals surface area (Å²) in [6.45, 7) is 1.80. The van der Waals surface area contributed by atoms with E-state index in [0.29, 0.717) is 0 Å². The summed E-state index contributed by atoms with van der Waals surface area (Å²) in [5, 5.41) is 2.77. The molecule has 2 aromatic rings. The predicted molar refractivity (Wildman–Crippen MR) is 77.6 cm³/mol. The van der Waals surface area contributed by atoms with Crippen molar-refractivity contribution in [2.24, 2.45) is 0 Å². The maximum atomic E-state index is 13.8. The average molecular weight is 269 g/mol. The van der Waals surface area contributed by atoms with Crippen LogP contribution in [0.15, 0.2) is 36.4 Å². The molecule has 0 bridgehead atoms. The van der Waals surface area contributed by atoms with E-state index in [2.05, 4.69) is 5.32 Å². The molecule has 3 rings (SSSR count). The number of carbonyl (C=O) groups excluding carboxylic acids is 1. The minimum absolute atomic E-state index is 0.0797. The first-order valence-corrected chi connectivity index (χ1v) is 6.83. The molecule has 0 unspecified atom stereocenters. The SMILES string of the molecule is Cc1ccc(C(=O)Nc2ccc3c(c2)CCC3)c(F)c1. The lowest BCUT2D eigenvalue weighted by atomic mass is 10.1. The Hall–Kier alpha value is -2.16. The summed E-state index contributed by atoms with van der Waals surface area (Å²) >= 11 is 0. The van der Waals surface area contributed by atoms with Crippen LogP contribution < -0.4 is 5.32 Å². The fraction of sp³-hybridized carbons (Fsp3) is 0.235. The second-order valence-corrected chi connectivity index (χ2v) is 5.27. The monoisotopic (exact) mass is 269 g/mol. The average Bonchev–Trinajstić information content (AvgIpc) is 2.85. The van der Waals surface area contributed by atoms with E-state index in [4.69, 9.17) is 0 Å². The Bertz CT molecular complexity index is 679. The van der Waals surface area contributed by atoms with Crippen LogP contribution in [0.4, 0.5) is 10.1 Å². The molecule has 0 spiro atoms. The highest BCUT2D eigenvalue weighted by Crippen LogP contribution is 2.25. The molecule has 2 nitrogen and oxygen atoms in total. The standard InChI is InChI=1S/C17H16FNO/c1-11-5-8-15(16(18)9-11)17(20)19-14-7-6-12-3-2-4-13(12)10-14/h5-10H,2-4H2,1H3,(H,19,20). The number of aryl methyl sites for hydroxylation is 3. The molecule has 3 heteroatoms. The third-order valence-electron chi connectivity index (χ3n) is 3.73. The smallest absolute Gasteiger partial charge is 0.258 e. The molecule has 2 aromatic carbocycles. The Morgan fingerprint density at radius 3 is 2.70 bits per heavy atom. The maximum absolute atomic E-state index is 13.8. The highest BCUT2D eigenvalue weighted by Gasteiger charge is 2.14. The Balaban J connectivity index is 1.82. The lowest BCUT2D eigenvalue weighted by Gasteiger charge is -2.08. The Kier molecular flexibility index (Phi) is 3.26. The van der Waals surface area contributed by atoms with Gasteiger partial charge in [0.15, 0.2) is 0 Å². The second kappa shape index (κ2) is 5.08. The van der Waals surface area contributed by atoms with Gasteiger partial charge >= 0.3 is 0 Å². The molecule has 1 aliphatic carbocycles. The number of fused-ring (bicyclic) bond motifs is 1. The van der Waals surface area contributed by atoms with Gasteiger partial charge in [0, 0.05) is 5.69 Å². The number of benzene rings is 2. The first-order chi connectivity index (χ1) is 9.63. The van der Waals surface area contributed by atoms with Crippen LogP contribution in [0.2, 0.25) is 0 Å². The van der Waals surface area contributed by atoms with Crippen molar-refractivity contribution in [3.05, 3.63) is 64.5 Å². The number of hydrogen-bond donors (Lipinski definition) is 1. The Labute approximate surface area is 117 Å². The van der Waals surface area contributed by atoms with Crippen molar-refractivity contribution in [3.8, 4) is 0 Å². The predicted octanol–water partition coefficient (Wildman–Crippen LogP) is 3.88. The molecule has 102 valence electrons. The van der Waals surface area contributed by atoms with Crippen LogP contribution in [-0.4, -0.2) is 5.91 Å². The van der Waals surface area contributed by atoms with Gasteiger partial charge in [-0.3, -0.25) is 4.79 Å². The third kappa shape index (κ3) is 2.44. The van der Waals surface area contributed by atoms with Gasteiger partial charge in [-0.1, -0.05) is 12.1 Å². The van der Waals surface area contributed by atoms with Crippen LogP contribution in [0.1, 0.15) is 33.5 Å². The van der Waals surface area contributed by atoms with Gasteiger partial charge in [-0.25, -0.2) is 4.39 Å². The first-order valence-electron chi connectivity index (χ1n) is 6.83. The molecular formula is C17H16FNO. The van der Waals surface area contributed by atoms with Gasteiger partial charge in [0.1, 0.15) is 5.82 Å². The summed E-state index contributed by atoms with van der Waals surface area (Å²) in [5.41, 5.74) is 4.25. The van der Waals surface area contributed by atoms with Crippen LogP contribution in [0.5, 0.6) is 0 Å². The molecule has 0 aromatic heterocycles. The quantitative estimate of drug-likeness (QED) is 0.880. The van der Waals surface area contributed by atoms with Gasteiger partial charge < -0.3 is 5.32 Å². The van der Waals surface area contributed by atoms with E-state index in [1.54, 1.807) is 13.0 Å². The van der Waals surface area contributed by atoms with E-state index in [0.717, 1.165) is 24.1 Å². The highest BCUT2D eigenvalue weighted by atomic mass is 19.1. The van der Waals surface area contributed by atoms with Crippen LogP contribution >= 0.6 is 0 Å². The molecule has 0 fully saturated rings. The van der Waals surface area contributed by atoms with Crippen molar-refractivity contribution in [2.45, 2.75) is 26.2 Å². The summed E-state index contributed by atoms with van der Waals surface area (Å²) in [6.07, 6.45) is 3.33. The minimum Gasteiger partial charge on any atom is -0.322 e. The lowest BCUT2D eigenvalue weighted by molar-refractivity contribution is 0.102. The molecule has 0 aliphatic heterocycles. The molecule has 0 saturated heterocycles. The zero-order valence-corrected chi connectivity index (χ0v) is 11.4. The van der Waals surface area contributed by atoms with E-state index >= 15 is 0 Å². The molecule has 0 saturated carbocycles. The number of rotatable bonds is 2. The van der Waals surface area contributed by atoms with Crippen molar-refractivity contribution in [3.63, 3.8) is 0 Å². The van der Waals surface area contributed by atoms with Crippen LogP contribution in [-0.2, 0) is 12.8 Å². The fourth-order valence-corrected chi connectivity index (χ4v) is 2.65. The van der Waals surface area contributed by atoms with E-state index in [-0.39, 0.29) is 5.56 Å². The van der Waals surface area contributed by atoms with Gasteiger partial charge in [0.2, 0.25) is 0 Å². The van der Waals surface area contributed by atoms with E-state index < -0.39 is 11.7 Å². The highest BCUT2D eigenvalue weighted by molar-refractivity contribution is 6.04. The normalized spacial score (nSPS) is 13.1. The number of nitrogens with one attached hydrogen (secondary N) is 1. The molecule has 20 heavy (non-hydrogen) atoms. The van der Waals surface area contributed by atoms with E-state index in [9.17, 15) is 9.18 Å². The number of hydrogen-bond acceptors (Lipinski definition) is 1. The number of amides is 1. The van der Waals surface area contributed by atoms with Crippen molar-refractivity contribution in [2.75, 3.05) is 5.32 Å². The number of anilines is 1. The van der Waals surface area contributed by atoms with Gasteiger partial charge in [0.05, 0.1) is 5.56 Å². The molecule has 1 aliphatic rings. The summed E-state index contributed by atoms with van der Waals surface area (Å²) in [5.74, 6) is -0.885. The second-order valence-electron chi connectivity index (χ2n) is 5.27. The van der Waals surface area contributed by atoms with Gasteiger partial charge in [-0.05, 0) is 67.1 Å². The molecule has 0 heterocycles. The molecular weight excluding hydrogens is 253 g/mol. The van der Waals surface area contributed by atoms with Crippen LogP contribution in [0.25, 0.3) is 0 Å². The van der Waals surface area contributed by atoms with Crippen molar-refractivity contribution >= 4 is 11.6 Å². The summed E-state index contributed by atoms with van der Waals surface area (Å²) in [6, 6.07) is 10.6. The molecule has 1 N–H and O–H groups in total. The largest absolute Gasteiger partial charge is 0.322 e. The molecule has 0 radical (unpaired) electrons. The maximum Gasteiger partial charge on any atom is 0.258 e. The zero-order chi connectivity index (χ0) is 14.1. The lowest BCUT2D eigenvalue weighted by Crippen LogP contribution is -2.14. The third-order valence-corrected chi connectivity index (χ3v) is 3.73. The Morgan fingerprint density at radius 1 is 1.10 bits per heavy atom. The minimum atomic E-state index is -0.483. The van der Waals surface area contributed by atoms with E-state index in [1.165, 1.54) is 29.7 Å². The number of carbonyl (C=O) groups is 1. The Morgan fingerprint density at radius 2 is 1.90 bits per heavy atom. The van der Waals surface area contributed by atoms with E-state index in [1.807, 2.05) is 18.2 Å². The van der Waals surface area contributed by atoms with Gasteiger partial charge in [0.25, 0.3) is 5.91 Å². The van der Waals surface area contributed by atoms with Crippen molar-refractivity contribution < 1.29 is 9.18 Å². The van der Waals surface area contributed by atoms with Gasteiger partial charge in [-0.2, -0.15) is 0 Å². The fourth-order valence-electron chi connectivity index (χ4n) is 2.65. The topological polar surface area (TPSA) is 29.1 Å².